The summed E-state index contributed by atoms with van der Waals surface area (Å²) < 4.78 is 2.08. The van der Waals surface area contributed by atoms with Crippen LogP contribution in [0.15, 0.2) is 36.0 Å². The van der Waals surface area contributed by atoms with E-state index in [0.717, 1.165) is 16.5 Å². The van der Waals surface area contributed by atoms with Gasteiger partial charge in [0.15, 0.2) is 5.16 Å². The summed E-state index contributed by atoms with van der Waals surface area (Å²) in [6, 6.07) is 6.29. The first-order valence-electron chi connectivity index (χ1n) is 9.03. The molecule has 1 atom stereocenters. The molecule has 2 aromatic rings. The number of thioether (sulfide) groups is 1. The third-order valence-electron chi connectivity index (χ3n) is 4.74. The molecule has 0 aliphatic heterocycles. The molecular formula is C20H26N4OS. The van der Waals surface area contributed by atoms with Crippen LogP contribution in [-0.4, -0.2) is 26.4 Å². The van der Waals surface area contributed by atoms with Gasteiger partial charge in [0.1, 0.15) is 5.82 Å². The molecule has 1 aliphatic rings. The first-order chi connectivity index (χ1) is 12.5. The normalized spacial score (nSPS) is 14.9. The van der Waals surface area contributed by atoms with Crippen LogP contribution in [0.1, 0.15) is 54.2 Å². The minimum absolute atomic E-state index is 0.00172. The summed E-state index contributed by atoms with van der Waals surface area (Å²) >= 11 is 1.43. The van der Waals surface area contributed by atoms with Gasteiger partial charge in [0.2, 0.25) is 5.91 Å². The standard InChI is InChI=1S/C20H26N4OS/c1-5-10-24-19(16-8-9-16)22-23-20(24)26-12-18(25)21-15(4)17-7-6-13(2)14(3)11-17/h5-7,11,15-16H,1,8-10,12H2,2-4H3,(H,21,25). The molecule has 0 spiro atoms. The van der Waals surface area contributed by atoms with E-state index in [-0.39, 0.29) is 11.9 Å². The Morgan fingerprint density at radius 3 is 2.81 bits per heavy atom. The lowest BCUT2D eigenvalue weighted by Crippen LogP contribution is -2.28. The van der Waals surface area contributed by atoms with Crippen LogP contribution in [0.5, 0.6) is 0 Å². The molecule has 0 bridgehead atoms. The van der Waals surface area contributed by atoms with Crippen LogP contribution in [0.25, 0.3) is 0 Å². The fourth-order valence-electron chi connectivity index (χ4n) is 2.88. The van der Waals surface area contributed by atoms with E-state index in [4.69, 9.17) is 0 Å². The van der Waals surface area contributed by atoms with E-state index in [0.29, 0.717) is 18.2 Å². The Balaban J connectivity index is 1.58. The monoisotopic (exact) mass is 370 g/mol. The van der Waals surface area contributed by atoms with E-state index in [1.807, 2.05) is 13.0 Å². The predicted octanol–water partition coefficient (Wildman–Crippen LogP) is 3.93. The van der Waals surface area contributed by atoms with E-state index in [1.54, 1.807) is 0 Å². The molecule has 138 valence electrons. The van der Waals surface area contributed by atoms with Crippen molar-refractivity contribution in [3.63, 3.8) is 0 Å². The SMILES string of the molecule is C=CCn1c(SCC(=O)NC(C)c2ccc(C)c(C)c2)nnc1C1CC1. The van der Waals surface area contributed by atoms with Crippen LogP contribution in [0.4, 0.5) is 0 Å². The number of benzene rings is 1. The third kappa shape index (κ3) is 4.36. The topological polar surface area (TPSA) is 59.8 Å². The number of nitrogens with zero attached hydrogens (tertiary/aromatic N) is 3. The van der Waals surface area contributed by atoms with Gasteiger partial charge in [0, 0.05) is 12.5 Å². The number of hydrogen-bond acceptors (Lipinski definition) is 4. The largest absolute Gasteiger partial charge is 0.349 e. The smallest absolute Gasteiger partial charge is 0.230 e. The summed E-state index contributed by atoms with van der Waals surface area (Å²) in [6.45, 7) is 10.7. The second-order valence-electron chi connectivity index (χ2n) is 6.94. The number of amides is 1. The molecule has 1 saturated carbocycles. The second-order valence-corrected chi connectivity index (χ2v) is 7.88. The van der Waals surface area contributed by atoms with Crippen molar-refractivity contribution in [3.05, 3.63) is 53.4 Å². The number of hydrogen-bond donors (Lipinski definition) is 1. The van der Waals surface area contributed by atoms with Gasteiger partial charge in [-0.05, 0) is 50.3 Å². The maximum Gasteiger partial charge on any atom is 0.230 e. The first-order valence-corrected chi connectivity index (χ1v) is 10.0. The maximum atomic E-state index is 12.4. The van der Waals surface area contributed by atoms with Crippen LogP contribution < -0.4 is 5.32 Å². The minimum atomic E-state index is -0.0181. The molecule has 26 heavy (non-hydrogen) atoms. The number of nitrogens with one attached hydrogen (secondary N) is 1. The fraction of sp³-hybridized carbons (Fsp3) is 0.450. The number of aryl methyl sites for hydroxylation is 2. The van der Waals surface area contributed by atoms with E-state index >= 15 is 0 Å². The number of carbonyl (C=O) groups excluding carboxylic acids is 1. The Morgan fingerprint density at radius 1 is 1.38 bits per heavy atom. The van der Waals surface area contributed by atoms with Crippen molar-refractivity contribution in [3.8, 4) is 0 Å². The van der Waals surface area contributed by atoms with Gasteiger partial charge < -0.3 is 9.88 Å². The fourth-order valence-corrected chi connectivity index (χ4v) is 3.65. The molecule has 1 aromatic heterocycles. The van der Waals surface area contributed by atoms with Gasteiger partial charge in [-0.15, -0.1) is 16.8 Å². The molecular weight excluding hydrogens is 344 g/mol. The van der Waals surface area contributed by atoms with Crippen molar-refractivity contribution in [1.29, 1.82) is 0 Å². The van der Waals surface area contributed by atoms with E-state index < -0.39 is 0 Å². The van der Waals surface area contributed by atoms with Crippen LogP contribution in [0.2, 0.25) is 0 Å². The highest BCUT2D eigenvalue weighted by atomic mass is 32.2. The molecule has 3 rings (SSSR count). The van der Waals surface area contributed by atoms with Crippen molar-refractivity contribution in [2.45, 2.75) is 57.3 Å². The molecule has 1 amide bonds. The Hall–Kier alpha value is -2.08. The highest BCUT2D eigenvalue weighted by molar-refractivity contribution is 7.99. The summed E-state index contributed by atoms with van der Waals surface area (Å²) in [5, 5.41) is 12.5. The molecule has 5 nitrogen and oxygen atoms in total. The van der Waals surface area contributed by atoms with Gasteiger partial charge in [-0.25, -0.2) is 0 Å². The lowest BCUT2D eigenvalue weighted by Gasteiger charge is -2.15. The molecule has 0 radical (unpaired) electrons. The van der Waals surface area contributed by atoms with Crippen LogP contribution in [0.3, 0.4) is 0 Å². The molecule has 1 N–H and O–H groups in total. The van der Waals surface area contributed by atoms with Gasteiger partial charge in [0.25, 0.3) is 0 Å². The van der Waals surface area contributed by atoms with E-state index in [9.17, 15) is 4.79 Å². The highest BCUT2D eigenvalue weighted by Gasteiger charge is 2.30. The van der Waals surface area contributed by atoms with Crippen LogP contribution in [-0.2, 0) is 11.3 Å². The first kappa shape index (κ1) is 18.7. The summed E-state index contributed by atoms with van der Waals surface area (Å²) in [7, 11) is 0. The number of allylic oxidation sites excluding steroid dienone is 1. The van der Waals surface area contributed by atoms with Gasteiger partial charge in [0.05, 0.1) is 11.8 Å². The van der Waals surface area contributed by atoms with E-state index in [2.05, 4.69) is 58.7 Å². The Kier molecular flexibility index (Phi) is 5.81. The quantitative estimate of drug-likeness (QED) is 0.565. The van der Waals surface area contributed by atoms with E-state index in [1.165, 1.54) is 35.7 Å². The molecule has 1 fully saturated rings. The molecule has 1 aromatic carbocycles. The van der Waals surface area contributed by atoms with Gasteiger partial charge >= 0.3 is 0 Å². The number of aromatic nitrogens is 3. The lowest BCUT2D eigenvalue weighted by atomic mass is 10.0. The Morgan fingerprint density at radius 2 is 2.15 bits per heavy atom. The van der Waals surface area contributed by atoms with Crippen molar-refractivity contribution in [2.75, 3.05) is 5.75 Å². The van der Waals surface area contributed by atoms with Gasteiger partial charge in [-0.3, -0.25) is 4.79 Å². The zero-order valence-corrected chi connectivity index (χ0v) is 16.5. The summed E-state index contributed by atoms with van der Waals surface area (Å²) in [5.41, 5.74) is 3.62. The summed E-state index contributed by atoms with van der Waals surface area (Å²) in [5.74, 6) is 1.88. The van der Waals surface area contributed by atoms with Crippen LogP contribution in [0, 0.1) is 13.8 Å². The summed E-state index contributed by atoms with van der Waals surface area (Å²) in [4.78, 5) is 12.4. The molecule has 0 saturated heterocycles. The predicted molar refractivity (Wildman–Crippen MR) is 105 cm³/mol. The van der Waals surface area contributed by atoms with Gasteiger partial charge in [-0.2, -0.15) is 0 Å². The van der Waals surface area contributed by atoms with Crippen molar-refractivity contribution >= 4 is 17.7 Å². The summed E-state index contributed by atoms with van der Waals surface area (Å²) in [6.07, 6.45) is 4.20. The molecule has 1 aliphatic carbocycles. The maximum absolute atomic E-state index is 12.4. The molecule has 6 heteroatoms. The Labute approximate surface area is 159 Å². The zero-order chi connectivity index (χ0) is 18.7. The third-order valence-corrected chi connectivity index (χ3v) is 5.71. The number of rotatable bonds is 8. The number of carbonyl (C=O) groups is 1. The highest BCUT2D eigenvalue weighted by Crippen LogP contribution is 2.40. The molecule has 1 heterocycles. The lowest BCUT2D eigenvalue weighted by molar-refractivity contribution is -0.119. The average molecular weight is 371 g/mol. The molecule has 1 unspecified atom stereocenters. The van der Waals surface area contributed by atoms with Crippen molar-refractivity contribution < 1.29 is 4.79 Å². The second kappa shape index (κ2) is 8.08. The average Bonchev–Trinajstić information content (AvgIpc) is 3.38. The zero-order valence-electron chi connectivity index (χ0n) is 15.7. The van der Waals surface area contributed by atoms with Gasteiger partial charge in [-0.1, -0.05) is 36.0 Å². The van der Waals surface area contributed by atoms with Crippen molar-refractivity contribution in [2.24, 2.45) is 0 Å². The van der Waals surface area contributed by atoms with Crippen molar-refractivity contribution in [1.82, 2.24) is 20.1 Å². The Bertz CT molecular complexity index is 810. The van der Waals surface area contributed by atoms with Crippen LogP contribution >= 0.6 is 11.8 Å². The minimum Gasteiger partial charge on any atom is -0.349 e.